The number of nitrogens with zero attached hydrogens (tertiary/aromatic N) is 1. The van der Waals surface area contributed by atoms with Crippen molar-refractivity contribution >= 4 is 23.5 Å². The molecule has 0 saturated carbocycles. The molecule has 0 aliphatic rings. The molecule has 0 bridgehead atoms. The fourth-order valence-corrected chi connectivity index (χ4v) is 2.05. The van der Waals surface area contributed by atoms with Crippen LogP contribution in [0.15, 0.2) is 42.5 Å². The Kier molecular flexibility index (Phi) is 5.71. The lowest BCUT2D eigenvalue weighted by atomic mass is 10.0. The van der Waals surface area contributed by atoms with Crippen LogP contribution in [0.5, 0.6) is 0 Å². The van der Waals surface area contributed by atoms with Gasteiger partial charge in [-0.1, -0.05) is 13.0 Å². The third kappa shape index (κ3) is 4.89. The summed E-state index contributed by atoms with van der Waals surface area (Å²) < 4.78 is 0. The third-order valence-electron chi connectivity index (χ3n) is 3.94. The molecule has 26 heavy (non-hydrogen) atoms. The van der Waals surface area contributed by atoms with Crippen LogP contribution in [-0.4, -0.2) is 33.4 Å². The highest BCUT2D eigenvalue weighted by Crippen LogP contribution is 2.13. The lowest BCUT2D eigenvalue weighted by Gasteiger charge is -2.24. The molecule has 0 unspecified atom stereocenters. The van der Waals surface area contributed by atoms with Crippen molar-refractivity contribution in [2.24, 2.45) is 0 Å². The fourth-order valence-electron chi connectivity index (χ4n) is 2.05. The van der Waals surface area contributed by atoms with E-state index in [1.54, 1.807) is 24.3 Å². The molecule has 3 N–H and O–H groups in total. The Labute approximate surface area is 151 Å². The summed E-state index contributed by atoms with van der Waals surface area (Å²) in [5, 5.41) is 14.5. The zero-order valence-corrected chi connectivity index (χ0v) is 14.9. The minimum atomic E-state index is -1.20. The highest BCUT2D eigenvalue weighted by molar-refractivity contribution is 6.04. The molecule has 0 fully saturated rings. The maximum Gasteiger partial charge on any atom is 0.354 e. The predicted molar refractivity (Wildman–Crippen MR) is 97.4 cm³/mol. The van der Waals surface area contributed by atoms with Gasteiger partial charge in [-0.25, -0.2) is 9.78 Å². The second-order valence-electron chi connectivity index (χ2n) is 6.44. The number of hydrogen-bond acceptors (Lipinski definition) is 4. The van der Waals surface area contributed by atoms with Gasteiger partial charge in [-0.3, -0.25) is 9.59 Å². The van der Waals surface area contributed by atoms with Gasteiger partial charge in [-0.15, -0.1) is 0 Å². The van der Waals surface area contributed by atoms with Gasteiger partial charge in [0.2, 0.25) is 0 Å². The topological polar surface area (TPSA) is 108 Å². The molecular weight excluding hydrogens is 334 g/mol. The van der Waals surface area contributed by atoms with Crippen LogP contribution in [0.2, 0.25) is 0 Å². The molecule has 0 atom stereocenters. The van der Waals surface area contributed by atoms with E-state index in [1.165, 1.54) is 18.2 Å². The number of aromatic nitrogens is 1. The van der Waals surface area contributed by atoms with Gasteiger partial charge in [0, 0.05) is 16.8 Å². The van der Waals surface area contributed by atoms with Crippen LogP contribution in [0.3, 0.4) is 0 Å². The van der Waals surface area contributed by atoms with E-state index in [0.717, 1.165) is 6.42 Å². The number of anilines is 1. The summed E-state index contributed by atoms with van der Waals surface area (Å²) in [6, 6.07) is 10.6. The van der Waals surface area contributed by atoms with E-state index in [4.69, 9.17) is 5.11 Å². The van der Waals surface area contributed by atoms with Crippen LogP contribution in [0.4, 0.5) is 5.69 Å². The molecule has 0 aliphatic carbocycles. The molecule has 7 heteroatoms. The number of carbonyl (C=O) groups is 3. The molecule has 0 radical (unpaired) electrons. The molecule has 0 aliphatic heterocycles. The fraction of sp³-hybridized carbons (Fsp3) is 0.263. The van der Waals surface area contributed by atoms with E-state index in [-0.39, 0.29) is 22.8 Å². The average Bonchev–Trinajstić information content (AvgIpc) is 2.62. The molecule has 136 valence electrons. The number of carbonyl (C=O) groups excluding carboxylic acids is 2. The van der Waals surface area contributed by atoms with Crippen LogP contribution >= 0.6 is 0 Å². The molecular formula is C19H21N3O4. The Bertz CT molecular complexity index is 829. The number of rotatable bonds is 6. The number of amides is 2. The summed E-state index contributed by atoms with van der Waals surface area (Å²) in [4.78, 5) is 39.1. The van der Waals surface area contributed by atoms with Gasteiger partial charge in [0.05, 0.1) is 0 Å². The Hall–Kier alpha value is -3.22. The maximum absolute atomic E-state index is 12.2. The van der Waals surface area contributed by atoms with Crippen LogP contribution in [-0.2, 0) is 0 Å². The van der Waals surface area contributed by atoms with Gasteiger partial charge < -0.3 is 15.7 Å². The molecule has 1 aromatic heterocycles. The van der Waals surface area contributed by atoms with E-state index >= 15 is 0 Å². The molecule has 1 aromatic carbocycles. The van der Waals surface area contributed by atoms with Crippen LogP contribution < -0.4 is 10.6 Å². The van der Waals surface area contributed by atoms with E-state index in [1.807, 2.05) is 20.8 Å². The van der Waals surface area contributed by atoms with Gasteiger partial charge in [0.25, 0.3) is 11.8 Å². The van der Waals surface area contributed by atoms with E-state index in [2.05, 4.69) is 15.6 Å². The smallest absolute Gasteiger partial charge is 0.354 e. The number of benzene rings is 1. The highest BCUT2D eigenvalue weighted by atomic mass is 16.4. The van der Waals surface area contributed by atoms with Crippen LogP contribution in [0.1, 0.15) is 58.5 Å². The molecule has 7 nitrogen and oxygen atoms in total. The zero-order chi connectivity index (χ0) is 19.3. The highest BCUT2D eigenvalue weighted by Gasteiger charge is 2.19. The maximum atomic E-state index is 12.2. The molecule has 2 rings (SSSR count). The van der Waals surface area contributed by atoms with Crippen molar-refractivity contribution in [3.05, 3.63) is 59.4 Å². The molecule has 0 saturated heterocycles. The molecule has 2 amide bonds. The van der Waals surface area contributed by atoms with Crippen molar-refractivity contribution < 1.29 is 19.5 Å². The lowest BCUT2D eigenvalue weighted by Crippen LogP contribution is -2.42. The summed E-state index contributed by atoms with van der Waals surface area (Å²) in [6.07, 6.45) is 0.801. The van der Waals surface area contributed by atoms with Gasteiger partial charge in [-0.2, -0.15) is 0 Å². The summed E-state index contributed by atoms with van der Waals surface area (Å²) in [7, 11) is 0. The summed E-state index contributed by atoms with van der Waals surface area (Å²) in [6.45, 7) is 5.88. The van der Waals surface area contributed by atoms with Gasteiger partial charge in [0.15, 0.2) is 0 Å². The first-order valence-electron chi connectivity index (χ1n) is 8.16. The second-order valence-corrected chi connectivity index (χ2v) is 6.44. The molecule has 2 aromatic rings. The van der Waals surface area contributed by atoms with Gasteiger partial charge in [-0.05, 0) is 56.7 Å². The van der Waals surface area contributed by atoms with Gasteiger partial charge >= 0.3 is 5.97 Å². The Morgan fingerprint density at radius 3 is 2.19 bits per heavy atom. The standard InChI is InChI=1S/C19H21N3O4/c1-4-19(2,3)22-16(23)12-8-10-13(11-9-12)20-17(24)14-6-5-7-15(21-14)18(25)26/h5-11H,4H2,1-3H3,(H,20,24)(H,22,23)(H,25,26). The quantitative estimate of drug-likeness (QED) is 0.738. The monoisotopic (exact) mass is 355 g/mol. The second kappa shape index (κ2) is 7.77. The third-order valence-corrected chi connectivity index (χ3v) is 3.94. The summed E-state index contributed by atoms with van der Waals surface area (Å²) in [5.74, 6) is -1.92. The van der Waals surface area contributed by atoms with Crippen LogP contribution in [0.25, 0.3) is 0 Å². The van der Waals surface area contributed by atoms with Crippen molar-refractivity contribution in [2.45, 2.75) is 32.7 Å². The lowest BCUT2D eigenvalue weighted by molar-refractivity contribution is 0.0690. The SMILES string of the molecule is CCC(C)(C)NC(=O)c1ccc(NC(=O)c2cccc(C(=O)O)n2)cc1. The minimum Gasteiger partial charge on any atom is -0.477 e. The number of pyridine rings is 1. The number of aromatic carboxylic acids is 1. The van der Waals surface area contributed by atoms with Crippen molar-refractivity contribution in [1.29, 1.82) is 0 Å². The summed E-state index contributed by atoms with van der Waals surface area (Å²) >= 11 is 0. The summed E-state index contributed by atoms with van der Waals surface area (Å²) in [5.41, 5.74) is 0.448. The number of carboxylic acids is 1. The molecule has 1 heterocycles. The zero-order valence-electron chi connectivity index (χ0n) is 14.9. The Morgan fingerprint density at radius 1 is 1.00 bits per heavy atom. The van der Waals surface area contributed by atoms with E-state index in [0.29, 0.717) is 11.3 Å². The normalized spacial score (nSPS) is 10.9. The van der Waals surface area contributed by atoms with Gasteiger partial charge in [0.1, 0.15) is 11.4 Å². The number of carboxylic acid groups (broad SMARTS) is 1. The predicted octanol–water partition coefficient (Wildman–Crippen LogP) is 2.95. The first-order chi connectivity index (χ1) is 12.2. The minimum absolute atomic E-state index is 0.00332. The Morgan fingerprint density at radius 2 is 1.62 bits per heavy atom. The number of nitrogens with one attached hydrogen (secondary N) is 2. The first kappa shape index (κ1) is 19.1. The number of hydrogen-bond donors (Lipinski definition) is 3. The van der Waals surface area contributed by atoms with Crippen molar-refractivity contribution in [3.8, 4) is 0 Å². The van der Waals surface area contributed by atoms with Crippen molar-refractivity contribution in [3.63, 3.8) is 0 Å². The van der Waals surface area contributed by atoms with Crippen LogP contribution in [0, 0.1) is 0 Å². The van der Waals surface area contributed by atoms with Crippen molar-refractivity contribution in [1.82, 2.24) is 10.3 Å². The van der Waals surface area contributed by atoms with Crippen molar-refractivity contribution in [2.75, 3.05) is 5.32 Å². The largest absolute Gasteiger partial charge is 0.477 e. The average molecular weight is 355 g/mol. The Balaban J connectivity index is 2.07. The first-order valence-corrected chi connectivity index (χ1v) is 8.16. The van der Waals surface area contributed by atoms with E-state index in [9.17, 15) is 14.4 Å². The molecule has 0 spiro atoms. The van der Waals surface area contributed by atoms with E-state index < -0.39 is 11.9 Å².